The molecule has 0 spiro atoms. The van der Waals surface area contributed by atoms with Crippen LogP contribution in [0.25, 0.3) is 22.4 Å². The van der Waals surface area contributed by atoms with E-state index in [1.54, 1.807) is 0 Å². The summed E-state index contributed by atoms with van der Waals surface area (Å²) in [6.07, 6.45) is 0. The molecule has 1 saturated heterocycles. The molecular formula is C21H23ClN4O. The number of hydrogen-bond acceptors (Lipinski definition) is 5. The van der Waals surface area contributed by atoms with Gasteiger partial charge in [0.05, 0.1) is 5.56 Å². The van der Waals surface area contributed by atoms with Gasteiger partial charge in [-0.25, -0.2) is 0 Å². The van der Waals surface area contributed by atoms with Gasteiger partial charge in [0.15, 0.2) is 0 Å². The molecule has 3 aromatic rings. The third-order valence-corrected chi connectivity index (χ3v) is 5.05. The zero-order chi connectivity index (χ0) is 18.5. The fraction of sp³-hybridized carbons (Fsp3) is 0.286. The largest absolute Gasteiger partial charge is 0.352 e. The van der Waals surface area contributed by atoms with Crippen molar-refractivity contribution < 1.29 is 4.52 Å². The van der Waals surface area contributed by atoms with Crippen LogP contribution in [-0.2, 0) is 0 Å². The van der Waals surface area contributed by atoms with Crippen molar-refractivity contribution >= 4 is 17.5 Å². The van der Waals surface area contributed by atoms with Crippen molar-refractivity contribution in [3.8, 4) is 22.4 Å². The standard InChI is InChI=1S/C21H23ClN4O/c22-18-8-6-17(7-9-18)20-19(16-4-2-1-3-5-16)21(27-25-20)24-12-15-26-13-10-23-11-14-26/h1-9,23-24H,10-15H2. The second-order valence-corrected chi connectivity index (χ2v) is 7.06. The van der Waals surface area contributed by atoms with Gasteiger partial charge in [0.2, 0.25) is 5.88 Å². The monoisotopic (exact) mass is 382 g/mol. The van der Waals surface area contributed by atoms with Gasteiger partial charge >= 0.3 is 0 Å². The normalized spacial score (nSPS) is 15.0. The zero-order valence-electron chi connectivity index (χ0n) is 15.1. The number of anilines is 1. The SMILES string of the molecule is Clc1ccc(-c2noc(NCCN3CCNCC3)c2-c2ccccc2)cc1. The zero-order valence-corrected chi connectivity index (χ0v) is 15.9. The van der Waals surface area contributed by atoms with E-state index in [1.165, 1.54) is 0 Å². The van der Waals surface area contributed by atoms with Crippen LogP contribution in [-0.4, -0.2) is 49.3 Å². The first kappa shape index (κ1) is 18.0. The fourth-order valence-electron chi connectivity index (χ4n) is 3.35. The highest BCUT2D eigenvalue weighted by molar-refractivity contribution is 6.30. The highest BCUT2D eigenvalue weighted by Gasteiger charge is 2.19. The molecule has 6 heteroatoms. The van der Waals surface area contributed by atoms with Crippen molar-refractivity contribution in [2.45, 2.75) is 0 Å². The average molecular weight is 383 g/mol. The molecule has 1 aliphatic heterocycles. The summed E-state index contributed by atoms with van der Waals surface area (Å²) in [4.78, 5) is 2.45. The van der Waals surface area contributed by atoms with Crippen molar-refractivity contribution in [2.75, 3.05) is 44.6 Å². The second-order valence-electron chi connectivity index (χ2n) is 6.63. The van der Waals surface area contributed by atoms with E-state index in [9.17, 15) is 0 Å². The minimum absolute atomic E-state index is 0.706. The molecule has 2 N–H and O–H groups in total. The van der Waals surface area contributed by atoms with Crippen molar-refractivity contribution in [1.29, 1.82) is 0 Å². The van der Waals surface area contributed by atoms with Crippen LogP contribution in [0.5, 0.6) is 0 Å². The molecule has 0 radical (unpaired) electrons. The minimum atomic E-state index is 0.706. The Balaban J connectivity index is 1.58. The summed E-state index contributed by atoms with van der Waals surface area (Å²) in [5, 5.41) is 11.9. The summed E-state index contributed by atoms with van der Waals surface area (Å²) >= 11 is 6.04. The van der Waals surface area contributed by atoms with E-state index in [2.05, 4.69) is 32.8 Å². The summed E-state index contributed by atoms with van der Waals surface area (Å²) in [6, 6.07) is 17.9. The minimum Gasteiger partial charge on any atom is -0.352 e. The predicted octanol–water partition coefficient (Wildman–Crippen LogP) is 3.98. The molecule has 4 rings (SSSR count). The summed E-state index contributed by atoms with van der Waals surface area (Å²) < 4.78 is 5.70. The first-order valence-electron chi connectivity index (χ1n) is 9.29. The average Bonchev–Trinajstić information content (AvgIpc) is 3.14. The smallest absolute Gasteiger partial charge is 0.233 e. The summed E-state index contributed by atoms with van der Waals surface area (Å²) in [5.74, 6) is 0.710. The Morgan fingerprint density at radius 3 is 2.48 bits per heavy atom. The van der Waals surface area contributed by atoms with Gasteiger partial charge in [0.1, 0.15) is 5.69 Å². The summed E-state index contributed by atoms with van der Waals surface area (Å²) in [6.45, 7) is 6.07. The van der Waals surface area contributed by atoms with Crippen LogP contribution < -0.4 is 10.6 Å². The molecule has 0 unspecified atom stereocenters. The molecule has 1 fully saturated rings. The Morgan fingerprint density at radius 1 is 1.00 bits per heavy atom. The number of aromatic nitrogens is 1. The predicted molar refractivity (Wildman–Crippen MR) is 110 cm³/mol. The lowest BCUT2D eigenvalue weighted by Crippen LogP contribution is -2.45. The molecule has 0 bridgehead atoms. The Morgan fingerprint density at radius 2 is 1.74 bits per heavy atom. The van der Waals surface area contributed by atoms with Gasteiger partial charge in [0, 0.05) is 49.9 Å². The molecule has 27 heavy (non-hydrogen) atoms. The molecule has 140 valence electrons. The van der Waals surface area contributed by atoms with E-state index >= 15 is 0 Å². The van der Waals surface area contributed by atoms with E-state index in [0.717, 1.165) is 61.7 Å². The Kier molecular flexibility index (Phi) is 5.72. The number of halogens is 1. The van der Waals surface area contributed by atoms with Crippen molar-refractivity contribution in [3.63, 3.8) is 0 Å². The highest BCUT2D eigenvalue weighted by atomic mass is 35.5. The van der Waals surface area contributed by atoms with Crippen LogP contribution in [0.15, 0.2) is 59.1 Å². The first-order valence-corrected chi connectivity index (χ1v) is 9.67. The molecule has 0 aliphatic carbocycles. The van der Waals surface area contributed by atoms with Crippen LogP contribution in [0.2, 0.25) is 5.02 Å². The highest BCUT2D eigenvalue weighted by Crippen LogP contribution is 2.37. The number of hydrogen-bond donors (Lipinski definition) is 2. The maximum absolute atomic E-state index is 6.04. The van der Waals surface area contributed by atoms with Gasteiger partial charge in [0.25, 0.3) is 0 Å². The third kappa shape index (κ3) is 4.33. The molecule has 1 aliphatic rings. The van der Waals surface area contributed by atoms with Gasteiger partial charge < -0.3 is 15.2 Å². The number of nitrogens with zero attached hydrogens (tertiary/aromatic N) is 2. The van der Waals surface area contributed by atoms with Gasteiger partial charge in [-0.1, -0.05) is 59.2 Å². The summed E-state index contributed by atoms with van der Waals surface area (Å²) in [5.41, 5.74) is 3.87. The van der Waals surface area contributed by atoms with Gasteiger partial charge in [-0.05, 0) is 17.7 Å². The third-order valence-electron chi connectivity index (χ3n) is 4.80. The van der Waals surface area contributed by atoms with Gasteiger partial charge in [-0.2, -0.15) is 0 Å². The quantitative estimate of drug-likeness (QED) is 0.675. The molecule has 2 heterocycles. The van der Waals surface area contributed by atoms with Crippen LogP contribution in [0.4, 0.5) is 5.88 Å². The maximum Gasteiger partial charge on any atom is 0.233 e. The van der Waals surface area contributed by atoms with E-state index in [-0.39, 0.29) is 0 Å². The number of benzene rings is 2. The molecule has 5 nitrogen and oxygen atoms in total. The van der Waals surface area contributed by atoms with E-state index < -0.39 is 0 Å². The van der Waals surface area contributed by atoms with Gasteiger partial charge in [-0.15, -0.1) is 0 Å². The Hall–Kier alpha value is -2.34. The fourth-order valence-corrected chi connectivity index (χ4v) is 3.48. The van der Waals surface area contributed by atoms with E-state index in [1.807, 2.05) is 42.5 Å². The molecular weight excluding hydrogens is 360 g/mol. The van der Waals surface area contributed by atoms with Crippen LogP contribution in [0, 0.1) is 0 Å². The van der Waals surface area contributed by atoms with Crippen molar-refractivity contribution in [1.82, 2.24) is 15.4 Å². The Labute approximate surface area is 164 Å². The lowest BCUT2D eigenvalue weighted by Gasteiger charge is -2.27. The Bertz CT molecular complexity index is 858. The maximum atomic E-state index is 6.04. The molecule has 1 aromatic heterocycles. The lowest BCUT2D eigenvalue weighted by atomic mass is 10.0. The van der Waals surface area contributed by atoms with Crippen molar-refractivity contribution in [2.24, 2.45) is 0 Å². The topological polar surface area (TPSA) is 53.3 Å². The van der Waals surface area contributed by atoms with Crippen LogP contribution in [0.3, 0.4) is 0 Å². The van der Waals surface area contributed by atoms with Crippen LogP contribution in [0.1, 0.15) is 0 Å². The molecule has 0 saturated carbocycles. The van der Waals surface area contributed by atoms with Crippen molar-refractivity contribution in [3.05, 3.63) is 59.6 Å². The number of rotatable bonds is 6. The van der Waals surface area contributed by atoms with Crippen LogP contribution >= 0.6 is 11.6 Å². The number of nitrogens with one attached hydrogen (secondary N) is 2. The lowest BCUT2D eigenvalue weighted by molar-refractivity contribution is 0.249. The second kappa shape index (κ2) is 8.57. The number of piperazine rings is 1. The first-order chi connectivity index (χ1) is 13.3. The van der Waals surface area contributed by atoms with E-state index in [0.29, 0.717) is 10.9 Å². The molecule has 0 amide bonds. The summed E-state index contributed by atoms with van der Waals surface area (Å²) in [7, 11) is 0. The van der Waals surface area contributed by atoms with Gasteiger partial charge in [-0.3, -0.25) is 4.90 Å². The molecule has 2 aromatic carbocycles. The van der Waals surface area contributed by atoms with E-state index in [4.69, 9.17) is 16.1 Å². The molecule has 0 atom stereocenters.